The van der Waals surface area contributed by atoms with Crippen LogP contribution in [0.25, 0.3) is 5.82 Å². The minimum absolute atomic E-state index is 0.262. The maximum Gasteiger partial charge on any atom is 0.235 e. The minimum atomic E-state index is -3.27. The number of sulfonamides is 1. The Labute approximate surface area is 157 Å². The molecular weight excluding hydrogens is 366 g/mol. The average Bonchev–Trinajstić information content (AvgIpc) is 3.42. The van der Waals surface area contributed by atoms with Crippen molar-refractivity contribution in [3.05, 3.63) is 54.1 Å². The number of benzene rings is 1. The number of rotatable bonds is 6. The summed E-state index contributed by atoms with van der Waals surface area (Å²) in [5, 5.41) is 4.14. The second-order valence-electron chi connectivity index (χ2n) is 6.53. The van der Waals surface area contributed by atoms with Crippen LogP contribution in [0.4, 0.5) is 5.69 Å². The van der Waals surface area contributed by atoms with Crippen LogP contribution in [0.2, 0.25) is 0 Å². The zero-order valence-electron chi connectivity index (χ0n) is 15.0. The lowest BCUT2D eigenvalue weighted by molar-refractivity contribution is 0.460. The molecule has 0 spiro atoms. The van der Waals surface area contributed by atoms with Gasteiger partial charge in [0.25, 0.3) is 0 Å². The summed E-state index contributed by atoms with van der Waals surface area (Å²) in [4.78, 5) is 8.36. The molecule has 3 aromatic rings. The standard InChI is InChI=1S/C18H19N5O3S/c1-12-9-13(2)23(21-12)17-10-18(20-11-19-17)26-15-5-3-14(4-6-15)22-27(24,25)16-7-8-16/h3-6,9-11,16,22H,7-8H2,1-2H3. The summed E-state index contributed by atoms with van der Waals surface area (Å²) in [6.45, 7) is 3.87. The van der Waals surface area contributed by atoms with Crippen molar-refractivity contribution in [3.63, 3.8) is 0 Å². The average molecular weight is 385 g/mol. The van der Waals surface area contributed by atoms with Gasteiger partial charge in [-0.1, -0.05) is 0 Å². The van der Waals surface area contributed by atoms with Crippen LogP contribution in [0.5, 0.6) is 11.6 Å². The third-order valence-electron chi connectivity index (χ3n) is 4.15. The van der Waals surface area contributed by atoms with Gasteiger partial charge in [0.05, 0.1) is 10.9 Å². The molecule has 2 aromatic heterocycles. The third-order valence-corrected chi connectivity index (χ3v) is 6.02. The summed E-state index contributed by atoms with van der Waals surface area (Å²) in [6.07, 6.45) is 2.86. The van der Waals surface area contributed by atoms with E-state index < -0.39 is 10.0 Å². The molecule has 4 rings (SSSR count). The summed E-state index contributed by atoms with van der Waals surface area (Å²) in [5.41, 5.74) is 2.38. The molecule has 27 heavy (non-hydrogen) atoms. The van der Waals surface area contributed by atoms with E-state index in [0.717, 1.165) is 24.2 Å². The van der Waals surface area contributed by atoms with Gasteiger partial charge in [0.2, 0.25) is 15.9 Å². The fraction of sp³-hybridized carbons (Fsp3) is 0.278. The molecule has 0 saturated heterocycles. The molecule has 1 aliphatic rings. The number of aryl methyl sites for hydroxylation is 2. The lowest BCUT2D eigenvalue weighted by atomic mass is 10.3. The molecule has 0 unspecified atom stereocenters. The second-order valence-corrected chi connectivity index (χ2v) is 8.49. The van der Waals surface area contributed by atoms with E-state index in [1.165, 1.54) is 6.33 Å². The monoisotopic (exact) mass is 385 g/mol. The molecule has 0 aliphatic heterocycles. The first-order valence-electron chi connectivity index (χ1n) is 8.56. The molecular formula is C18H19N5O3S. The van der Waals surface area contributed by atoms with Crippen LogP contribution < -0.4 is 9.46 Å². The van der Waals surface area contributed by atoms with Crippen molar-refractivity contribution in [2.75, 3.05) is 4.72 Å². The van der Waals surface area contributed by atoms with Crippen molar-refractivity contribution >= 4 is 15.7 Å². The Morgan fingerprint density at radius 2 is 1.85 bits per heavy atom. The first-order valence-corrected chi connectivity index (χ1v) is 10.1. The van der Waals surface area contributed by atoms with Crippen LogP contribution in [-0.2, 0) is 10.0 Å². The van der Waals surface area contributed by atoms with Crippen LogP contribution >= 0.6 is 0 Å². The number of anilines is 1. The topological polar surface area (TPSA) is 99.0 Å². The fourth-order valence-corrected chi connectivity index (χ4v) is 4.09. The highest BCUT2D eigenvalue weighted by molar-refractivity contribution is 7.93. The number of hydrogen-bond donors (Lipinski definition) is 1. The van der Waals surface area contributed by atoms with Gasteiger partial charge in [0.1, 0.15) is 12.1 Å². The highest BCUT2D eigenvalue weighted by Crippen LogP contribution is 2.30. The molecule has 0 amide bonds. The zero-order chi connectivity index (χ0) is 19.0. The Morgan fingerprint density at radius 1 is 1.11 bits per heavy atom. The SMILES string of the molecule is Cc1cc(C)n(-c2cc(Oc3ccc(NS(=O)(=O)C4CC4)cc3)ncn2)n1. The predicted molar refractivity (Wildman–Crippen MR) is 101 cm³/mol. The summed E-state index contributed by atoms with van der Waals surface area (Å²) in [5.74, 6) is 1.53. The Kier molecular flexibility index (Phi) is 4.31. The predicted octanol–water partition coefficient (Wildman–Crippen LogP) is 2.98. The van der Waals surface area contributed by atoms with Gasteiger partial charge in [-0.05, 0) is 57.0 Å². The van der Waals surface area contributed by atoms with Gasteiger partial charge in [0, 0.05) is 17.4 Å². The molecule has 0 atom stereocenters. The Bertz CT molecular complexity index is 1070. The molecule has 1 N–H and O–H groups in total. The van der Waals surface area contributed by atoms with E-state index in [4.69, 9.17) is 4.74 Å². The van der Waals surface area contributed by atoms with Crippen LogP contribution in [-0.4, -0.2) is 33.4 Å². The molecule has 9 heteroatoms. The number of aromatic nitrogens is 4. The molecule has 0 radical (unpaired) electrons. The van der Waals surface area contributed by atoms with Crippen molar-refractivity contribution in [1.82, 2.24) is 19.7 Å². The quantitative estimate of drug-likeness (QED) is 0.700. The van der Waals surface area contributed by atoms with Crippen molar-refractivity contribution in [2.45, 2.75) is 31.9 Å². The first-order chi connectivity index (χ1) is 12.9. The van der Waals surface area contributed by atoms with Crippen molar-refractivity contribution in [2.24, 2.45) is 0 Å². The molecule has 140 valence electrons. The van der Waals surface area contributed by atoms with Gasteiger partial charge in [-0.15, -0.1) is 0 Å². The third kappa shape index (κ3) is 3.92. The van der Waals surface area contributed by atoms with Crippen molar-refractivity contribution in [3.8, 4) is 17.4 Å². The van der Waals surface area contributed by atoms with Gasteiger partial charge < -0.3 is 4.74 Å². The normalized spacial score (nSPS) is 14.1. The van der Waals surface area contributed by atoms with Gasteiger partial charge in [-0.3, -0.25) is 4.72 Å². The van der Waals surface area contributed by atoms with Crippen molar-refractivity contribution in [1.29, 1.82) is 0 Å². The molecule has 1 aliphatic carbocycles. The highest BCUT2D eigenvalue weighted by Gasteiger charge is 2.35. The molecule has 1 saturated carbocycles. The lowest BCUT2D eigenvalue weighted by Gasteiger charge is -2.09. The van der Waals surface area contributed by atoms with E-state index in [0.29, 0.717) is 23.1 Å². The van der Waals surface area contributed by atoms with Gasteiger partial charge in [-0.25, -0.2) is 23.1 Å². The maximum atomic E-state index is 12.0. The Balaban J connectivity index is 1.49. The molecule has 1 aromatic carbocycles. The Morgan fingerprint density at radius 3 is 2.48 bits per heavy atom. The molecule has 1 fully saturated rings. The maximum absolute atomic E-state index is 12.0. The zero-order valence-corrected chi connectivity index (χ0v) is 15.8. The smallest absolute Gasteiger partial charge is 0.235 e. The number of nitrogens with one attached hydrogen (secondary N) is 1. The number of hydrogen-bond acceptors (Lipinski definition) is 6. The molecule has 2 heterocycles. The summed E-state index contributed by atoms with van der Waals surface area (Å²) in [6, 6.07) is 10.4. The number of nitrogens with zero attached hydrogens (tertiary/aromatic N) is 4. The van der Waals surface area contributed by atoms with Gasteiger partial charge >= 0.3 is 0 Å². The summed E-state index contributed by atoms with van der Waals surface area (Å²) < 4.78 is 34.0. The van der Waals surface area contributed by atoms with Crippen LogP contribution in [0, 0.1) is 13.8 Å². The van der Waals surface area contributed by atoms with Gasteiger partial charge in [0.15, 0.2) is 5.82 Å². The number of ether oxygens (including phenoxy) is 1. The summed E-state index contributed by atoms with van der Waals surface area (Å²) >= 11 is 0. The molecule has 0 bridgehead atoms. The second kappa shape index (κ2) is 6.66. The van der Waals surface area contributed by atoms with Gasteiger partial charge in [-0.2, -0.15) is 5.10 Å². The van der Waals surface area contributed by atoms with E-state index in [-0.39, 0.29) is 5.25 Å². The molecule has 8 nitrogen and oxygen atoms in total. The summed E-state index contributed by atoms with van der Waals surface area (Å²) in [7, 11) is -3.27. The first kappa shape index (κ1) is 17.5. The van der Waals surface area contributed by atoms with Crippen LogP contribution in [0.1, 0.15) is 24.2 Å². The van der Waals surface area contributed by atoms with E-state index in [1.807, 2.05) is 19.9 Å². The van der Waals surface area contributed by atoms with Crippen LogP contribution in [0.3, 0.4) is 0 Å². The minimum Gasteiger partial charge on any atom is -0.439 e. The van der Waals surface area contributed by atoms with E-state index in [1.54, 1.807) is 35.0 Å². The highest BCUT2D eigenvalue weighted by atomic mass is 32.2. The van der Waals surface area contributed by atoms with Crippen LogP contribution in [0.15, 0.2) is 42.7 Å². The lowest BCUT2D eigenvalue weighted by Crippen LogP contribution is -2.17. The Hall–Kier alpha value is -2.94. The van der Waals surface area contributed by atoms with E-state index >= 15 is 0 Å². The fourth-order valence-electron chi connectivity index (χ4n) is 2.70. The largest absolute Gasteiger partial charge is 0.439 e. The van der Waals surface area contributed by atoms with E-state index in [2.05, 4.69) is 19.8 Å². The van der Waals surface area contributed by atoms with Crippen molar-refractivity contribution < 1.29 is 13.2 Å². The van der Waals surface area contributed by atoms with E-state index in [9.17, 15) is 8.42 Å².